The van der Waals surface area contributed by atoms with Gasteiger partial charge in [0, 0.05) is 31.2 Å². The molecule has 2 N–H and O–H groups in total. The second-order valence-electron chi connectivity index (χ2n) is 7.93. The quantitative estimate of drug-likeness (QED) is 0.615. The molecule has 2 aromatic heterocycles. The molecule has 3 aromatic rings. The van der Waals surface area contributed by atoms with Crippen LogP contribution < -0.4 is 11.3 Å². The number of primary amides is 1. The fraction of sp³-hybridized carbons (Fsp3) is 0.381. The third kappa shape index (κ3) is 3.50. The molecule has 160 valence electrons. The number of nitrogens with two attached hydrogens (primary N) is 1. The van der Waals surface area contributed by atoms with Gasteiger partial charge in [-0.15, -0.1) is 0 Å². The van der Waals surface area contributed by atoms with Crippen molar-refractivity contribution in [3.05, 3.63) is 46.9 Å². The molecule has 1 atom stereocenters. The van der Waals surface area contributed by atoms with Crippen molar-refractivity contribution in [2.24, 2.45) is 11.7 Å². The fourth-order valence-electron chi connectivity index (χ4n) is 4.28. The zero-order valence-electron chi connectivity index (χ0n) is 16.8. The Morgan fingerprint density at radius 1 is 1.16 bits per heavy atom. The normalized spacial score (nSPS) is 19.0. The molecular weight excluding hydrogens is 416 g/mol. The first-order valence-electron chi connectivity index (χ1n) is 10.3. The van der Waals surface area contributed by atoms with Gasteiger partial charge in [-0.05, 0) is 25.0 Å². The molecule has 1 aromatic carbocycles. The van der Waals surface area contributed by atoms with E-state index in [1.807, 2.05) is 30.3 Å². The number of hydrogen-bond donors (Lipinski definition) is 1. The molecule has 0 aliphatic carbocycles. The zero-order chi connectivity index (χ0) is 21.5. The second-order valence-corrected chi connectivity index (χ2v) is 8.91. The highest BCUT2D eigenvalue weighted by Crippen LogP contribution is 2.34. The Morgan fingerprint density at radius 3 is 2.61 bits per heavy atom. The predicted octanol–water partition coefficient (Wildman–Crippen LogP) is 1.34. The summed E-state index contributed by atoms with van der Waals surface area (Å²) in [6.07, 6.45) is 2.97. The number of para-hydroxylation sites is 1. The van der Waals surface area contributed by atoms with Crippen LogP contribution in [0.25, 0.3) is 16.7 Å². The molecule has 1 saturated heterocycles. The van der Waals surface area contributed by atoms with Crippen molar-refractivity contribution >= 4 is 34.6 Å². The van der Waals surface area contributed by atoms with Crippen LogP contribution >= 0.6 is 11.8 Å². The van der Waals surface area contributed by atoms with Crippen molar-refractivity contribution in [3.8, 4) is 5.69 Å². The van der Waals surface area contributed by atoms with Gasteiger partial charge in [0.05, 0.1) is 17.9 Å². The van der Waals surface area contributed by atoms with Crippen LogP contribution in [0.1, 0.15) is 25.3 Å². The number of rotatable bonds is 4. The molecule has 31 heavy (non-hydrogen) atoms. The van der Waals surface area contributed by atoms with E-state index in [4.69, 9.17) is 10.7 Å². The van der Waals surface area contributed by atoms with Crippen molar-refractivity contribution in [3.63, 3.8) is 0 Å². The molecule has 0 unspecified atom stereocenters. The number of aromatic nitrogens is 4. The second kappa shape index (κ2) is 7.84. The van der Waals surface area contributed by atoms with Crippen molar-refractivity contribution in [2.45, 2.75) is 30.5 Å². The molecule has 5 rings (SSSR count). The largest absolute Gasteiger partial charge is 0.369 e. The Kier molecular flexibility index (Phi) is 5.01. The van der Waals surface area contributed by atoms with E-state index in [0.717, 1.165) is 5.69 Å². The summed E-state index contributed by atoms with van der Waals surface area (Å²) in [5.41, 5.74) is 6.57. The first kappa shape index (κ1) is 19.8. The maximum Gasteiger partial charge on any atom is 0.265 e. The summed E-state index contributed by atoms with van der Waals surface area (Å²) < 4.78 is 3.30. The van der Waals surface area contributed by atoms with Gasteiger partial charge >= 0.3 is 0 Å². The smallest absolute Gasteiger partial charge is 0.265 e. The molecule has 2 aliphatic rings. The lowest BCUT2D eigenvalue weighted by atomic mass is 9.96. The number of benzene rings is 1. The molecule has 10 heteroatoms. The van der Waals surface area contributed by atoms with Gasteiger partial charge in [0.2, 0.25) is 11.8 Å². The molecule has 1 fully saturated rings. The van der Waals surface area contributed by atoms with Crippen molar-refractivity contribution in [1.82, 2.24) is 24.2 Å². The fourth-order valence-corrected chi connectivity index (χ4v) is 5.41. The van der Waals surface area contributed by atoms with Crippen LogP contribution in [-0.4, -0.2) is 54.9 Å². The summed E-state index contributed by atoms with van der Waals surface area (Å²) in [4.78, 5) is 43.9. The molecule has 2 aliphatic heterocycles. The van der Waals surface area contributed by atoms with Crippen LogP contribution in [0.2, 0.25) is 0 Å². The van der Waals surface area contributed by atoms with Crippen molar-refractivity contribution in [2.75, 3.05) is 18.8 Å². The molecular formula is C21H22N6O3S. The van der Waals surface area contributed by atoms with Crippen LogP contribution in [-0.2, 0) is 9.59 Å². The Balaban J connectivity index is 1.39. The molecule has 0 bridgehead atoms. The topological polar surface area (TPSA) is 116 Å². The van der Waals surface area contributed by atoms with E-state index >= 15 is 0 Å². The van der Waals surface area contributed by atoms with Crippen molar-refractivity contribution in [1.29, 1.82) is 0 Å². The van der Waals surface area contributed by atoms with Gasteiger partial charge in [-0.1, -0.05) is 30.0 Å². The Bertz CT molecular complexity index is 1210. The molecule has 0 spiro atoms. The number of hydrogen-bond acceptors (Lipinski definition) is 6. The summed E-state index contributed by atoms with van der Waals surface area (Å²) in [6.45, 7) is 1.05. The summed E-state index contributed by atoms with van der Waals surface area (Å²) in [6, 6.07) is 9.32. The van der Waals surface area contributed by atoms with Gasteiger partial charge in [0.1, 0.15) is 5.39 Å². The summed E-state index contributed by atoms with van der Waals surface area (Å²) in [5.74, 6) is 0.157. The number of piperidine rings is 1. The van der Waals surface area contributed by atoms with Gasteiger partial charge in [-0.25, -0.2) is 9.67 Å². The van der Waals surface area contributed by atoms with Gasteiger partial charge in [-0.2, -0.15) is 5.10 Å². The lowest BCUT2D eigenvalue weighted by Crippen LogP contribution is -2.42. The van der Waals surface area contributed by atoms with E-state index in [-0.39, 0.29) is 35.8 Å². The van der Waals surface area contributed by atoms with Gasteiger partial charge < -0.3 is 10.6 Å². The van der Waals surface area contributed by atoms with Gasteiger partial charge in [0.25, 0.3) is 5.56 Å². The number of thioether (sulfide) groups is 1. The van der Waals surface area contributed by atoms with Gasteiger partial charge in [0.15, 0.2) is 10.8 Å². The lowest BCUT2D eigenvalue weighted by Gasteiger charge is -2.31. The SMILES string of the molecule is NC(=O)C1CCN(C(=O)C[C@@H]2CSc3nc4c(cnn4-c4ccccc4)c(=O)n32)CC1. The zero-order valence-corrected chi connectivity index (χ0v) is 17.6. The molecule has 9 nitrogen and oxygen atoms in total. The third-order valence-corrected chi connectivity index (χ3v) is 7.13. The average Bonchev–Trinajstić information content (AvgIpc) is 3.39. The van der Waals surface area contributed by atoms with Crippen LogP contribution in [0.4, 0.5) is 0 Å². The molecule has 4 heterocycles. The summed E-state index contributed by atoms with van der Waals surface area (Å²) >= 11 is 1.48. The first-order chi connectivity index (χ1) is 15.0. The highest BCUT2D eigenvalue weighted by atomic mass is 32.2. The minimum atomic E-state index is -0.300. The van der Waals surface area contributed by atoms with E-state index in [1.54, 1.807) is 20.3 Å². The molecule has 0 saturated carbocycles. The number of nitrogens with zero attached hydrogens (tertiary/aromatic N) is 5. The monoisotopic (exact) mass is 438 g/mol. The van der Waals surface area contributed by atoms with Crippen LogP contribution in [0, 0.1) is 5.92 Å². The van der Waals surface area contributed by atoms with E-state index in [0.29, 0.717) is 47.9 Å². The Hall–Kier alpha value is -3.14. The summed E-state index contributed by atoms with van der Waals surface area (Å²) in [5, 5.41) is 5.42. The van der Waals surface area contributed by atoms with Gasteiger partial charge in [-0.3, -0.25) is 19.0 Å². The Morgan fingerprint density at radius 2 is 1.90 bits per heavy atom. The van der Waals surface area contributed by atoms with Crippen LogP contribution in [0.3, 0.4) is 0 Å². The average molecular weight is 439 g/mol. The van der Waals surface area contributed by atoms with E-state index in [9.17, 15) is 14.4 Å². The lowest BCUT2D eigenvalue weighted by molar-refractivity contribution is -0.135. The van der Waals surface area contributed by atoms with E-state index in [2.05, 4.69) is 5.10 Å². The number of amides is 2. The molecule has 0 radical (unpaired) electrons. The minimum Gasteiger partial charge on any atom is -0.369 e. The number of carbonyl (C=O) groups is 2. The van der Waals surface area contributed by atoms with Crippen molar-refractivity contribution < 1.29 is 9.59 Å². The Labute approximate surface area is 182 Å². The maximum atomic E-state index is 13.2. The third-order valence-electron chi connectivity index (χ3n) is 6.03. The number of carbonyl (C=O) groups excluding carboxylic acids is 2. The molecule has 2 amide bonds. The first-order valence-corrected chi connectivity index (χ1v) is 11.3. The number of likely N-dealkylation sites (tertiary alicyclic amines) is 1. The highest BCUT2D eigenvalue weighted by molar-refractivity contribution is 7.99. The highest BCUT2D eigenvalue weighted by Gasteiger charge is 2.32. The van der Waals surface area contributed by atoms with Crippen LogP contribution in [0.5, 0.6) is 0 Å². The predicted molar refractivity (Wildman–Crippen MR) is 116 cm³/mol. The van der Waals surface area contributed by atoms with Crippen LogP contribution in [0.15, 0.2) is 46.5 Å². The minimum absolute atomic E-state index is 0.00616. The van der Waals surface area contributed by atoms with E-state index < -0.39 is 0 Å². The summed E-state index contributed by atoms with van der Waals surface area (Å²) in [7, 11) is 0. The standard InChI is InChI=1S/C21H22N6O3S/c22-18(29)13-6-8-25(9-7-13)17(28)10-15-12-31-21-24-19-16(20(30)26(15)21)11-23-27(19)14-4-2-1-3-5-14/h1-5,11,13,15H,6-10,12H2,(H2,22,29)/t15-/m1/s1. The number of fused-ring (bicyclic) bond motifs is 2. The maximum absolute atomic E-state index is 13.2. The van der Waals surface area contributed by atoms with E-state index in [1.165, 1.54) is 11.8 Å².